The van der Waals surface area contributed by atoms with Gasteiger partial charge in [-0.3, -0.25) is 9.69 Å². The topological polar surface area (TPSA) is 90.8 Å². The molecule has 4 rings (SSSR count). The second-order valence-corrected chi connectivity index (χ2v) is 8.39. The molecule has 28 heavy (non-hydrogen) atoms. The zero-order valence-corrected chi connectivity index (χ0v) is 17.0. The monoisotopic (exact) mass is 405 g/mol. The number of hydrogen-bond donors (Lipinski definition) is 2. The summed E-state index contributed by atoms with van der Waals surface area (Å²) < 4.78 is 5.39. The number of fused-ring (bicyclic) bond motifs is 1. The molecule has 0 bridgehead atoms. The summed E-state index contributed by atoms with van der Waals surface area (Å²) in [4.78, 5) is 27.5. The van der Waals surface area contributed by atoms with Crippen molar-refractivity contribution < 1.29 is 14.6 Å². The van der Waals surface area contributed by atoms with Crippen LogP contribution in [-0.2, 0) is 4.74 Å². The average molecular weight is 406 g/mol. The van der Waals surface area contributed by atoms with Crippen molar-refractivity contribution in [3.63, 3.8) is 0 Å². The lowest BCUT2D eigenvalue weighted by molar-refractivity contribution is 0.0398. The van der Waals surface area contributed by atoms with Gasteiger partial charge in [0.2, 0.25) is 0 Å². The molecule has 2 aromatic rings. The van der Waals surface area contributed by atoms with Crippen LogP contribution in [0.1, 0.15) is 28.1 Å². The number of aliphatic hydroxyl groups is 1. The third-order valence-corrected chi connectivity index (χ3v) is 6.62. The van der Waals surface area contributed by atoms with E-state index in [1.165, 1.54) is 11.3 Å². The Balaban J connectivity index is 1.50. The standard InChI is InChI=1S/C19H27N5O3S/c1-13-15-17(20-4-6-23-7-9-27-10-8-23)21-12-22-18(15)28-16(13)19(26)24-5-2-3-14(25)11-24/h12,14,25H,2-11H2,1H3,(H,20,21,22)/t14-/m0/s1. The minimum atomic E-state index is -0.426. The number of β-amino-alcohol motifs (C(OH)–C–C–N with tert-alkyl or cyclic N) is 1. The van der Waals surface area contributed by atoms with Crippen molar-refractivity contribution >= 4 is 33.3 Å². The quantitative estimate of drug-likeness (QED) is 0.776. The zero-order valence-electron chi connectivity index (χ0n) is 16.2. The molecule has 2 aliphatic rings. The Morgan fingerprint density at radius 1 is 1.36 bits per heavy atom. The molecule has 152 valence electrons. The average Bonchev–Trinajstić information content (AvgIpc) is 3.06. The van der Waals surface area contributed by atoms with E-state index in [4.69, 9.17) is 4.74 Å². The van der Waals surface area contributed by atoms with Crippen LogP contribution in [0.25, 0.3) is 10.2 Å². The van der Waals surface area contributed by atoms with Gasteiger partial charge in [0.15, 0.2) is 0 Å². The van der Waals surface area contributed by atoms with Crippen molar-refractivity contribution in [3.05, 3.63) is 16.8 Å². The van der Waals surface area contributed by atoms with E-state index in [9.17, 15) is 9.90 Å². The number of likely N-dealkylation sites (tertiary alicyclic amines) is 1. The lowest BCUT2D eigenvalue weighted by atomic mass is 10.1. The van der Waals surface area contributed by atoms with Crippen molar-refractivity contribution in [2.24, 2.45) is 0 Å². The van der Waals surface area contributed by atoms with Crippen LogP contribution in [0.4, 0.5) is 5.82 Å². The number of aliphatic hydroxyl groups excluding tert-OH is 1. The molecular weight excluding hydrogens is 378 g/mol. The number of thiophene rings is 1. The number of aromatic nitrogens is 2. The molecule has 2 saturated heterocycles. The number of carbonyl (C=O) groups excluding carboxylic acids is 1. The highest BCUT2D eigenvalue weighted by Crippen LogP contribution is 2.34. The molecular formula is C19H27N5O3S. The second kappa shape index (κ2) is 8.69. The number of anilines is 1. The lowest BCUT2D eigenvalue weighted by Crippen LogP contribution is -2.42. The van der Waals surface area contributed by atoms with Gasteiger partial charge in [0.25, 0.3) is 5.91 Å². The van der Waals surface area contributed by atoms with E-state index >= 15 is 0 Å². The third-order valence-electron chi connectivity index (χ3n) is 5.43. The molecule has 9 heteroatoms. The molecule has 0 saturated carbocycles. The lowest BCUT2D eigenvalue weighted by Gasteiger charge is -2.29. The minimum absolute atomic E-state index is 0.0153. The minimum Gasteiger partial charge on any atom is -0.391 e. The van der Waals surface area contributed by atoms with Crippen molar-refractivity contribution in [1.82, 2.24) is 19.8 Å². The Kier molecular flexibility index (Phi) is 6.05. The molecule has 2 N–H and O–H groups in total. The number of morpholine rings is 1. The summed E-state index contributed by atoms with van der Waals surface area (Å²) in [6.45, 7) is 8.26. The number of rotatable bonds is 5. The number of piperidine rings is 1. The Labute approximate surface area is 168 Å². The molecule has 2 aliphatic heterocycles. The number of ether oxygens (including phenoxy) is 1. The first kappa shape index (κ1) is 19.5. The molecule has 0 radical (unpaired) electrons. The highest BCUT2D eigenvalue weighted by Gasteiger charge is 2.27. The molecule has 2 fully saturated rings. The number of amides is 1. The predicted molar refractivity (Wildman–Crippen MR) is 109 cm³/mol. The Morgan fingerprint density at radius 2 is 2.18 bits per heavy atom. The molecule has 4 heterocycles. The summed E-state index contributed by atoms with van der Waals surface area (Å²) in [5, 5.41) is 14.2. The van der Waals surface area contributed by atoms with Gasteiger partial charge >= 0.3 is 0 Å². The highest BCUT2D eigenvalue weighted by atomic mass is 32.1. The van der Waals surface area contributed by atoms with Crippen LogP contribution >= 0.6 is 11.3 Å². The summed E-state index contributed by atoms with van der Waals surface area (Å²) in [5.41, 5.74) is 0.916. The number of carbonyl (C=O) groups is 1. The Hall–Kier alpha value is -1.81. The van der Waals surface area contributed by atoms with Gasteiger partial charge in [-0.2, -0.15) is 0 Å². The van der Waals surface area contributed by atoms with Gasteiger partial charge in [-0.1, -0.05) is 0 Å². The van der Waals surface area contributed by atoms with Crippen LogP contribution in [0.5, 0.6) is 0 Å². The van der Waals surface area contributed by atoms with Crippen LogP contribution in [0, 0.1) is 6.92 Å². The second-order valence-electron chi connectivity index (χ2n) is 7.39. The SMILES string of the molecule is Cc1c(C(=O)N2CCC[C@H](O)C2)sc2ncnc(NCCN3CCOCC3)c12. The molecule has 0 aromatic carbocycles. The predicted octanol–water partition coefficient (Wildman–Crippen LogP) is 1.34. The summed E-state index contributed by atoms with van der Waals surface area (Å²) in [7, 11) is 0. The normalized spacial score (nSPS) is 21.2. The fraction of sp³-hybridized carbons (Fsp3) is 0.632. The number of nitrogens with one attached hydrogen (secondary N) is 1. The highest BCUT2D eigenvalue weighted by molar-refractivity contribution is 7.20. The number of aryl methyl sites for hydroxylation is 1. The summed E-state index contributed by atoms with van der Waals surface area (Å²) in [5.74, 6) is 0.767. The van der Waals surface area contributed by atoms with Gasteiger partial charge in [0, 0.05) is 39.3 Å². The zero-order chi connectivity index (χ0) is 19.5. The summed E-state index contributed by atoms with van der Waals surface area (Å²) in [6.07, 6.45) is 2.72. The van der Waals surface area contributed by atoms with Gasteiger partial charge in [0.05, 0.1) is 29.6 Å². The third kappa shape index (κ3) is 4.12. The van der Waals surface area contributed by atoms with E-state index < -0.39 is 6.10 Å². The van der Waals surface area contributed by atoms with E-state index in [1.54, 1.807) is 11.2 Å². The fourth-order valence-corrected chi connectivity index (χ4v) is 4.97. The van der Waals surface area contributed by atoms with E-state index in [0.29, 0.717) is 18.0 Å². The Bertz CT molecular complexity index is 836. The van der Waals surface area contributed by atoms with E-state index in [1.807, 2.05) is 6.92 Å². The maximum Gasteiger partial charge on any atom is 0.264 e. The van der Waals surface area contributed by atoms with E-state index in [2.05, 4.69) is 20.2 Å². The summed E-state index contributed by atoms with van der Waals surface area (Å²) >= 11 is 1.41. The van der Waals surface area contributed by atoms with Gasteiger partial charge in [-0.25, -0.2) is 9.97 Å². The van der Waals surface area contributed by atoms with Gasteiger partial charge in [-0.15, -0.1) is 11.3 Å². The van der Waals surface area contributed by atoms with Crippen molar-refractivity contribution in [2.75, 3.05) is 57.8 Å². The Morgan fingerprint density at radius 3 is 2.96 bits per heavy atom. The van der Waals surface area contributed by atoms with E-state index in [-0.39, 0.29) is 5.91 Å². The molecule has 0 aliphatic carbocycles. The van der Waals surface area contributed by atoms with Crippen molar-refractivity contribution in [2.45, 2.75) is 25.9 Å². The van der Waals surface area contributed by atoms with Crippen LogP contribution in [0.3, 0.4) is 0 Å². The summed E-state index contributed by atoms with van der Waals surface area (Å²) in [6, 6.07) is 0. The first-order valence-corrected chi connectivity index (χ1v) is 10.7. The molecule has 2 aromatic heterocycles. The van der Waals surface area contributed by atoms with E-state index in [0.717, 1.165) is 73.8 Å². The van der Waals surface area contributed by atoms with Gasteiger partial charge in [0.1, 0.15) is 17.0 Å². The largest absolute Gasteiger partial charge is 0.391 e. The molecule has 8 nitrogen and oxygen atoms in total. The van der Waals surface area contributed by atoms with Crippen molar-refractivity contribution in [3.8, 4) is 0 Å². The maximum atomic E-state index is 13.0. The van der Waals surface area contributed by atoms with Gasteiger partial charge in [-0.05, 0) is 25.3 Å². The smallest absolute Gasteiger partial charge is 0.264 e. The maximum absolute atomic E-state index is 13.0. The van der Waals surface area contributed by atoms with Crippen LogP contribution in [0.15, 0.2) is 6.33 Å². The van der Waals surface area contributed by atoms with Gasteiger partial charge < -0.3 is 20.1 Å². The first-order chi connectivity index (χ1) is 13.6. The molecule has 1 atom stereocenters. The van der Waals surface area contributed by atoms with Crippen LogP contribution in [-0.4, -0.2) is 89.4 Å². The van der Waals surface area contributed by atoms with Crippen LogP contribution in [0.2, 0.25) is 0 Å². The fourth-order valence-electron chi connectivity index (χ4n) is 3.85. The number of nitrogens with zero attached hydrogens (tertiary/aromatic N) is 4. The number of hydrogen-bond acceptors (Lipinski definition) is 8. The van der Waals surface area contributed by atoms with Crippen molar-refractivity contribution in [1.29, 1.82) is 0 Å². The molecule has 1 amide bonds. The first-order valence-electron chi connectivity index (χ1n) is 9.89. The molecule has 0 spiro atoms. The molecule has 0 unspecified atom stereocenters. The van der Waals surface area contributed by atoms with Crippen LogP contribution < -0.4 is 5.32 Å².